The van der Waals surface area contributed by atoms with Crippen molar-refractivity contribution in [2.24, 2.45) is 0 Å². The summed E-state index contributed by atoms with van der Waals surface area (Å²) in [6, 6.07) is 15.6. The maximum absolute atomic E-state index is 11.1. The molecule has 0 aliphatic heterocycles. The number of esters is 1. The van der Waals surface area contributed by atoms with E-state index in [9.17, 15) is 4.79 Å². The lowest BCUT2D eigenvalue weighted by Crippen LogP contribution is -1.93. The second-order valence-electron chi connectivity index (χ2n) is 4.11. The number of ether oxygens (including phenoxy) is 1. The average molecular weight is 253 g/mol. The third-order valence-corrected chi connectivity index (χ3v) is 2.72. The second-order valence-corrected chi connectivity index (χ2v) is 4.11. The molecule has 0 atom stereocenters. The summed E-state index contributed by atoms with van der Waals surface area (Å²) in [5.74, 6) is -0.366. The molecule has 0 saturated carbocycles. The fourth-order valence-electron chi connectivity index (χ4n) is 1.77. The number of benzene rings is 2. The van der Waals surface area contributed by atoms with Gasteiger partial charge in [-0.25, -0.2) is 4.79 Å². The van der Waals surface area contributed by atoms with Gasteiger partial charge in [-0.1, -0.05) is 30.3 Å². The van der Waals surface area contributed by atoms with Crippen LogP contribution in [-0.2, 0) is 9.53 Å². The number of anilines is 1. The molecule has 0 radical (unpaired) electrons. The van der Waals surface area contributed by atoms with Crippen LogP contribution in [0.3, 0.4) is 0 Å². The fourth-order valence-corrected chi connectivity index (χ4v) is 1.77. The van der Waals surface area contributed by atoms with Gasteiger partial charge in [0.05, 0.1) is 7.11 Å². The summed E-state index contributed by atoms with van der Waals surface area (Å²) < 4.78 is 4.56. The van der Waals surface area contributed by atoms with Gasteiger partial charge in [0.15, 0.2) is 0 Å². The van der Waals surface area contributed by atoms with E-state index in [1.165, 1.54) is 13.2 Å². The van der Waals surface area contributed by atoms with Gasteiger partial charge in [-0.05, 0) is 41.0 Å². The van der Waals surface area contributed by atoms with Gasteiger partial charge in [-0.15, -0.1) is 0 Å². The largest absolute Gasteiger partial charge is 0.466 e. The molecular weight excluding hydrogens is 238 g/mol. The monoisotopic (exact) mass is 253 g/mol. The van der Waals surface area contributed by atoms with Crippen LogP contribution in [0.1, 0.15) is 5.56 Å². The van der Waals surface area contributed by atoms with Crippen molar-refractivity contribution in [3.8, 4) is 11.1 Å². The van der Waals surface area contributed by atoms with Crippen LogP contribution < -0.4 is 5.73 Å². The second kappa shape index (κ2) is 5.87. The minimum Gasteiger partial charge on any atom is -0.466 e. The van der Waals surface area contributed by atoms with Crippen molar-refractivity contribution in [1.29, 1.82) is 0 Å². The van der Waals surface area contributed by atoms with Crippen molar-refractivity contribution < 1.29 is 9.53 Å². The molecule has 3 heteroatoms. The summed E-state index contributed by atoms with van der Waals surface area (Å²) in [4.78, 5) is 11.1. The number of hydrogen-bond acceptors (Lipinski definition) is 3. The van der Waals surface area contributed by atoms with E-state index >= 15 is 0 Å². The maximum atomic E-state index is 11.1. The standard InChI is InChI=1S/C16H15NO2/c1-19-16(18)9-8-12-4-2-5-13(10-12)14-6-3-7-15(17)11-14/h2-11H,17H2,1H3/b9-8+. The van der Waals surface area contributed by atoms with Gasteiger partial charge in [0, 0.05) is 11.8 Å². The Morgan fingerprint density at radius 1 is 1.11 bits per heavy atom. The average Bonchev–Trinajstić information content (AvgIpc) is 2.45. The number of rotatable bonds is 3. The molecule has 0 amide bonds. The minimum atomic E-state index is -0.366. The van der Waals surface area contributed by atoms with Crippen LogP contribution in [0, 0.1) is 0 Å². The normalized spacial score (nSPS) is 10.6. The summed E-state index contributed by atoms with van der Waals surface area (Å²) in [6.45, 7) is 0. The molecule has 0 heterocycles. The van der Waals surface area contributed by atoms with E-state index in [-0.39, 0.29) is 5.97 Å². The zero-order valence-corrected chi connectivity index (χ0v) is 10.7. The van der Waals surface area contributed by atoms with E-state index in [1.54, 1.807) is 6.08 Å². The van der Waals surface area contributed by atoms with Gasteiger partial charge in [0.2, 0.25) is 0 Å². The maximum Gasteiger partial charge on any atom is 0.330 e. The van der Waals surface area contributed by atoms with Crippen LogP contribution in [0.15, 0.2) is 54.6 Å². The first kappa shape index (κ1) is 12.9. The van der Waals surface area contributed by atoms with Gasteiger partial charge in [-0.2, -0.15) is 0 Å². The quantitative estimate of drug-likeness (QED) is 0.519. The Morgan fingerprint density at radius 2 is 1.79 bits per heavy atom. The molecule has 0 aliphatic rings. The van der Waals surface area contributed by atoms with Crippen molar-refractivity contribution in [1.82, 2.24) is 0 Å². The molecular formula is C16H15NO2. The summed E-state index contributed by atoms with van der Waals surface area (Å²) in [5, 5.41) is 0. The van der Waals surface area contributed by atoms with Crippen molar-refractivity contribution in [2.75, 3.05) is 12.8 Å². The molecule has 0 spiro atoms. The Labute approximate surface area is 112 Å². The lowest BCUT2D eigenvalue weighted by molar-refractivity contribution is -0.134. The van der Waals surface area contributed by atoms with E-state index in [0.29, 0.717) is 0 Å². The number of nitrogen functional groups attached to an aromatic ring is 1. The molecule has 0 saturated heterocycles. The predicted octanol–water partition coefficient (Wildman–Crippen LogP) is 3.12. The van der Waals surface area contributed by atoms with Crippen LogP contribution >= 0.6 is 0 Å². The first-order valence-electron chi connectivity index (χ1n) is 5.91. The highest BCUT2D eigenvalue weighted by molar-refractivity contribution is 5.87. The molecule has 2 N–H and O–H groups in total. The van der Waals surface area contributed by atoms with Crippen molar-refractivity contribution in [3.05, 3.63) is 60.2 Å². The molecule has 96 valence electrons. The minimum absolute atomic E-state index is 0.366. The molecule has 3 nitrogen and oxygen atoms in total. The summed E-state index contributed by atoms with van der Waals surface area (Å²) in [6.07, 6.45) is 3.13. The molecule has 0 bridgehead atoms. The van der Waals surface area contributed by atoms with Crippen LogP contribution in [-0.4, -0.2) is 13.1 Å². The Bertz CT molecular complexity index is 618. The van der Waals surface area contributed by atoms with Gasteiger partial charge < -0.3 is 10.5 Å². The number of carbonyl (C=O) groups is 1. The van der Waals surface area contributed by atoms with Crippen molar-refractivity contribution >= 4 is 17.7 Å². The molecule has 0 unspecified atom stereocenters. The van der Waals surface area contributed by atoms with Crippen molar-refractivity contribution in [2.45, 2.75) is 0 Å². The van der Waals surface area contributed by atoms with Gasteiger partial charge in [-0.3, -0.25) is 0 Å². The van der Waals surface area contributed by atoms with E-state index in [4.69, 9.17) is 5.73 Å². The molecule has 0 aromatic heterocycles. The summed E-state index contributed by atoms with van der Waals surface area (Å²) in [5.41, 5.74) is 9.54. The highest BCUT2D eigenvalue weighted by Crippen LogP contribution is 2.22. The molecule has 2 aromatic rings. The van der Waals surface area contributed by atoms with Gasteiger partial charge in [0.1, 0.15) is 0 Å². The van der Waals surface area contributed by atoms with Gasteiger partial charge in [0.25, 0.3) is 0 Å². The number of nitrogens with two attached hydrogens (primary N) is 1. The number of methoxy groups -OCH3 is 1. The molecule has 0 fully saturated rings. The highest BCUT2D eigenvalue weighted by atomic mass is 16.5. The van der Waals surface area contributed by atoms with Crippen LogP contribution in [0.4, 0.5) is 5.69 Å². The van der Waals surface area contributed by atoms with E-state index in [0.717, 1.165) is 22.4 Å². The van der Waals surface area contributed by atoms with E-state index in [1.807, 2.05) is 48.5 Å². The first-order valence-corrected chi connectivity index (χ1v) is 5.91. The molecule has 0 aliphatic carbocycles. The zero-order valence-electron chi connectivity index (χ0n) is 10.7. The highest BCUT2D eigenvalue weighted by Gasteiger charge is 1.99. The van der Waals surface area contributed by atoms with Crippen LogP contribution in [0.25, 0.3) is 17.2 Å². The zero-order chi connectivity index (χ0) is 13.7. The smallest absolute Gasteiger partial charge is 0.330 e. The van der Waals surface area contributed by atoms with E-state index < -0.39 is 0 Å². The Hall–Kier alpha value is -2.55. The lowest BCUT2D eigenvalue weighted by atomic mass is 10.0. The van der Waals surface area contributed by atoms with Crippen LogP contribution in [0.2, 0.25) is 0 Å². The lowest BCUT2D eigenvalue weighted by Gasteiger charge is -2.04. The third kappa shape index (κ3) is 3.45. The Morgan fingerprint density at radius 3 is 2.47 bits per heavy atom. The summed E-state index contributed by atoms with van der Waals surface area (Å²) in [7, 11) is 1.36. The molecule has 19 heavy (non-hydrogen) atoms. The number of carbonyl (C=O) groups excluding carboxylic acids is 1. The van der Waals surface area contributed by atoms with E-state index in [2.05, 4.69) is 4.74 Å². The van der Waals surface area contributed by atoms with Crippen molar-refractivity contribution in [3.63, 3.8) is 0 Å². The predicted molar refractivity (Wildman–Crippen MR) is 77.3 cm³/mol. The summed E-state index contributed by atoms with van der Waals surface area (Å²) >= 11 is 0. The molecule has 2 rings (SSSR count). The fraction of sp³-hybridized carbons (Fsp3) is 0.0625. The van der Waals surface area contributed by atoms with Crippen LogP contribution in [0.5, 0.6) is 0 Å². The first-order chi connectivity index (χ1) is 9.19. The number of hydrogen-bond donors (Lipinski definition) is 1. The SMILES string of the molecule is COC(=O)/C=C/c1cccc(-c2cccc(N)c2)c1. The topological polar surface area (TPSA) is 52.3 Å². The Balaban J connectivity index is 2.29. The van der Waals surface area contributed by atoms with Gasteiger partial charge >= 0.3 is 5.97 Å². The third-order valence-electron chi connectivity index (χ3n) is 2.72. The Kier molecular flexibility index (Phi) is 3.98. The molecule has 2 aromatic carbocycles.